The number of hydrogen-bond donors (Lipinski definition) is 0. The van der Waals surface area contributed by atoms with Crippen LogP contribution in [0.3, 0.4) is 0 Å². The first-order valence-corrected chi connectivity index (χ1v) is 18.8. The Hall–Kier alpha value is -7.94. The first kappa shape index (κ1) is 33.6. The lowest BCUT2D eigenvalue weighted by Crippen LogP contribution is -2.01. The van der Waals surface area contributed by atoms with Gasteiger partial charge >= 0.3 is 0 Å². The molecule has 57 heavy (non-hydrogen) atoms. The molecule has 0 N–H and O–H groups in total. The highest BCUT2D eigenvalue weighted by Crippen LogP contribution is 2.42. The van der Waals surface area contributed by atoms with Crippen molar-refractivity contribution in [2.75, 3.05) is 0 Å². The van der Waals surface area contributed by atoms with Crippen LogP contribution in [0.25, 0.3) is 101 Å². The molecule has 0 saturated heterocycles. The summed E-state index contributed by atoms with van der Waals surface area (Å²) in [5, 5.41) is 11.4. The highest BCUT2D eigenvalue weighted by atomic mass is 16.3. The number of nitriles is 1. The SMILES string of the molecule is N#Cc1ccc(-c2cccc(-c3nc(-c4ccccc4)nc(-c4cc5oc6cccc(-c7ccc(-c8ccccc8)cc7)c6c5cc4-c4ccccc4)n3)c2)cc1. The second kappa shape index (κ2) is 14.4. The van der Waals surface area contributed by atoms with Crippen molar-refractivity contribution in [2.24, 2.45) is 0 Å². The summed E-state index contributed by atoms with van der Waals surface area (Å²) in [7, 11) is 0. The molecule has 0 bridgehead atoms. The van der Waals surface area contributed by atoms with Gasteiger partial charge in [-0.1, -0.05) is 158 Å². The molecule has 0 fully saturated rings. The van der Waals surface area contributed by atoms with Gasteiger partial charge < -0.3 is 4.42 Å². The van der Waals surface area contributed by atoms with Crippen LogP contribution in [-0.4, -0.2) is 15.0 Å². The van der Waals surface area contributed by atoms with Gasteiger partial charge in [0, 0.05) is 27.5 Å². The molecule has 5 nitrogen and oxygen atoms in total. The summed E-state index contributed by atoms with van der Waals surface area (Å²) in [6.45, 7) is 0. The quantitative estimate of drug-likeness (QED) is 0.163. The van der Waals surface area contributed by atoms with Crippen molar-refractivity contribution in [1.29, 1.82) is 5.26 Å². The molecular formula is C52H32N4O. The lowest BCUT2D eigenvalue weighted by molar-refractivity contribution is 0.669. The van der Waals surface area contributed by atoms with E-state index in [0.717, 1.165) is 72.0 Å². The van der Waals surface area contributed by atoms with Crippen molar-refractivity contribution in [3.8, 4) is 84.7 Å². The minimum atomic E-state index is 0.542. The minimum Gasteiger partial charge on any atom is -0.456 e. The fourth-order valence-electron chi connectivity index (χ4n) is 7.54. The smallest absolute Gasteiger partial charge is 0.164 e. The van der Waals surface area contributed by atoms with Crippen LogP contribution >= 0.6 is 0 Å². The number of benzene rings is 8. The Labute approximate surface area is 329 Å². The van der Waals surface area contributed by atoms with E-state index < -0.39 is 0 Å². The van der Waals surface area contributed by atoms with Crippen LogP contribution in [-0.2, 0) is 0 Å². The number of furan rings is 1. The Morgan fingerprint density at radius 3 is 1.56 bits per heavy atom. The molecular weight excluding hydrogens is 697 g/mol. The van der Waals surface area contributed by atoms with Crippen molar-refractivity contribution in [1.82, 2.24) is 15.0 Å². The van der Waals surface area contributed by atoms with Crippen molar-refractivity contribution < 1.29 is 4.42 Å². The third-order valence-corrected chi connectivity index (χ3v) is 10.4. The first-order chi connectivity index (χ1) is 28.2. The number of rotatable bonds is 7. The van der Waals surface area contributed by atoms with Crippen molar-refractivity contribution in [3.63, 3.8) is 0 Å². The summed E-state index contributed by atoms with van der Waals surface area (Å²) in [6, 6.07) is 68.1. The van der Waals surface area contributed by atoms with Crippen LogP contribution in [0.5, 0.6) is 0 Å². The molecule has 266 valence electrons. The summed E-state index contributed by atoms with van der Waals surface area (Å²) in [4.78, 5) is 15.4. The van der Waals surface area contributed by atoms with Gasteiger partial charge in [-0.3, -0.25) is 0 Å². The van der Waals surface area contributed by atoms with Crippen LogP contribution in [0, 0.1) is 11.3 Å². The Kier molecular flexibility index (Phi) is 8.48. The van der Waals surface area contributed by atoms with E-state index in [1.54, 1.807) is 0 Å². The Balaban J connectivity index is 1.16. The number of hydrogen-bond acceptors (Lipinski definition) is 5. The standard InChI is InChI=1S/C52H32N4O/c53-33-34-22-24-37(25-23-34)41-18-10-19-42(30-41)51-54-50(40-16-8-3-9-17-40)55-52(56-51)45-32-48-46(31-44(45)38-14-6-2-7-15-38)49-43(20-11-21-47(49)57-48)39-28-26-36(27-29-39)35-12-4-1-5-13-35/h1-32H. The molecule has 0 amide bonds. The maximum atomic E-state index is 9.34. The van der Waals surface area contributed by atoms with Gasteiger partial charge in [-0.15, -0.1) is 0 Å². The largest absolute Gasteiger partial charge is 0.456 e. The first-order valence-electron chi connectivity index (χ1n) is 18.8. The van der Waals surface area contributed by atoms with Gasteiger partial charge in [0.2, 0.25) is 0 Å². The van der Waals surface area contributed by atoms with E-state index in [0.29, 0.717) is 23.0 Å². The molecule has 10 aromatic rings. The molecule has 0 aliphatic rings. The molecule has 0 aliphatic heterocycles. The van der Waals surface area contributed by atoms with E-state index >= 15 is 0 Å². The summed E-state index contributed by atoms with van der Waals surface area (Å²) < 4.78 is 6.68. The average Bonchev–Trinajstić information content (AvgIpc) is 3.67. The minimum absolute atomic E-state index is 0.542. The van der Waals surface area contributed by atoms with E-state index in [-0.39, 0.29) is 0 Å². The Morgan fingerprint density at radius 2 is 0.860 bits per heavy atom. The third kappa shape index (κ3) is 6.42. The van der Waals surface area contributed by atoms with Gasteiger partial charge in [0.25, 0.3) is 0 Å². The van der Waals surface area contributed by atoms with Crippen molar-refractivity contribution in [3.05, 3.63) is 200 Å². The number of nitrogens with zero attached hydrogens (tertiary/aromatic N) is 4. The van der Waals surface area contributed by atoms with E-state index in [9.17, 15) is 5.26 Å². The Bertz CT molecular complexity index is 3100. The highest BCUT2D eigenvalue weighted by Gasteiger charge is 2.21. The molecule has 8 aromatic carbocycles. The summed E-state index contributed by atoms with van der Waals surface area (Å²) in [5.74, 6) is 1.67. The van der Waals surface area contributed by atoms with Crippen LogP contribution in [0.15, 0.2) is 199 Å². The molecule has 0 unspecified atom stereocenters. The summed E-state index contributed by atoms with van der Waals surface area (Å²) in [5.41, 5.74) is 13.4. The predicted octanol–water partition coefficient (Wildman–Crippen LogP) is 13.3. The van der Waals surface area contributed by atoms with Crippen LogP contribution in [0.1, 0.15) is 5.56 Å². The zero-order valence-electron chi connectivity index (χ0n) is 30.7. The van der Waals surface area contributed by atoms with E-state index in [1.165, 1.54) is 11.1 Å². The molecule has 0 aliphatic carbocycles. The second-order valence-corrected chi connectivity index (χ2v) is 13.9. The van der Waals surface area contributed by atoms with E-state index in [1.807, 2.05) is 84.9 Å². The fourth-order valence-corrected chi connectivity index (χ4v) is 7.54. The molecule has 0 saturated carbocycles. The van der Waals surface area contributed by atoms with Crippen LogP contribution in [0.4, 0.5) is 0 Å². The summed E-state index contributed by atoms with van der Waals surface area (Å²) >= 11 is 0. The molecule has 2 aromatic heterocycles. The third-order valence-electron chi connectivity index (χ3n) is 10.4. The molecule has 5 heteroatoms. The Morgan fingerprint density at radius 1 is 0.351 bits per heavy atom. The second-order valence-electron chi connectivity index (χ2n) is 13.9. The maximum Gasteiger partial charge on any atom is 0.164 e. The van der Waals surface area contributed by atoms with Gasteiger partial charge in [-0.25, -0.2) is 15.0 Å². The van der Waals surface area contributed by atoms with Gasteiger partial charge in [0.05, 0.1) is 11.6 Å². The zero-order chi connectivity index (χ0) is 38.1. The van der Waals surface area contributed by atoms with Crippen LogP contribution < -0.4 is 0 Å². The molecule has 2 heterocycles. The molecule has 0 atom stereocenters. The molecule has 0 radical (unpaired) electrons. The van der Waals surface area contributed by atoms with Gasteiger partial charge in [-0.2, -0.15) is 5.26 Å². The van der Waals surface area contributed by atoms with Crippen molar-refractivity contribution >= 4 is 21.9 Å². The van der Waals surface area contributed by atoms with Gasteiger partial charge in [0.15, 0.2) is 17.5 Å². The fraction of sp³-hybridized carbons (Fsp3) is 0. The van der Waals surface area contributed by atoms with Crippen LogP contribution in [0.2, 0.25) is 0 Å². The highest BCUT2D eigenvalue weighted by molar-refractivity contribution is 6.14. The zero-order valence-corrected chi connectivity index (χ0v) is 30.7. The molecule has 10 rings (SSSR count). The van der Waals surface area contributed by atoms with E-state index in [2.05, 4.69) is 115 Å². The predicted molar refractivity (Wildman–Crippen MR) is 230 cm³/mol. The number of fused-ring (bicyclic) bond motifs is 3. The topological polar surface area (TPSA) is 75.6 Å². The van der Waals surface area contributed by atoms with Gasteiger partial charge in [0.1, 0.15) is 11.2 Å². The lowest BCUT2D eigenvalue weighted by atomic mass is 9.93. The number of aromatic nitrogens is 3. The lowest BCUT2D eigenvalue weighted by Gasteiger charge is -2.13. The average molecular weight is 729 g/mol. The summed E-state index contributed by atoms with van der Waals surface area (Å²) in [6.07, 6.45) is 0. The van der Waals surface area contributed by atoms with Crippen molar-refractivity contribution in [2.45, 2.75) is 0 Å². The maximum absolute atomic E-state index is 9.34. The van der Waals surface area contributed by atoms with Gasteiger partial charge in [-0.05, 0) is 80.9 Å². The monoisotopic (exact) mass is 728 g/mol. The normalized spacial score (nSPS) is 11.1. The molecule has 0 spiro atoms. The van der Waals surface area contributed by atoms with E-state index in [4.69, 9.17) is 19.4 Å².